The van der Waals surface area contributed by atoms with Gasteiger partial charge in [0.05, 0.1) is 6.10 Å². The van der Waals surface area contributed by atoms with Gasteiger partial charge >= 0.3 is 0 Å². The number of rotatable bonds is 9. The van der Waals surface area contributed by atoms with Gasteiger partial charge in [0.2, 0.25) is 0 Å². The highest BCUT2D eigenvalue weighted by Crippen LogP contribution is 2.20. The van der Waals surface area contributed by atoms with Crippen molar-refractivity contribution in [2.75, 3.05) is 19.7 Å². The molecule has 2 rings (SSSR count). The smallest absolute Gasteiger partial charge is 0.191 e. The van der Waals surface area contributed by atoms with Crippen molar-refractivity contribution in [3.05, 3.63) is 24.3 Å². The van der Waals surface area contributed by atoms with Crippen molar-refractivity contribution < 1.29 is 4.74 Å². The maximum atomic E-state index is 5.96. The molecule has 0 atom stereocenters. The lowest BCUT2D eigenvalue weighted by atomic mass is 9.98. The molecule has 1 fully saturated rings. The molecule has 0 spiro atoms. The van der Waals surface area contributed by atoms with E-state index in [1.807, 2.05) is 24.6 Å². The summed E-state index contributed by atoms with van der Waals surface area (Å²) in [4.78, 5) is 4.58. The summed E-state index contributed by atoms with van der Waals surface area (Å²) >= 11 is 0. The maximum Gasteiger partial charge on any atom is 0.191 e. The minimum absolute atomic E-state index is 0.472. The first-order valence-corrected chi connectivity index (χ1v) is 9.30. The van der Waals surface area contributed by atoms with Gasteiger partial charge in [-0.15, -0.1) is 16.8 Å². The van der Waals surface area contributed by atoms with E-state index in [4.69, 9.17) is 4.74 Å². The molecule has 0 bridgehead atoms. The molecule has 0 aliphatic heterocycles. The molecule has 1 heterocycles. The van der Waals surface area contributed by atoms with Crippen LogP contribution >= 0.6 is 0 Å². The van der Waals surface area contributed by atoms with Crippen molar-refractivity contribution in [2.24, 2.45) is 12.0 Å². The first kappa shape index (κ1) is 19.4. The molecular formula is C18H32N6O. The van der Waals surface area contributed by atoms with Gasteiger partial charge in [0.1, 0.15) is 12.4 Å². The molecule has 0 unspecified atom stereocenters. The molecule has 0 amide bonds. The highest BCUT2D eigenvalue weighted by Gasteiger charge is 2.13. The Kier molecular flexibility index (Phi) is 8.45. The fraction of sp³-hybridized carbons (Fsp3) is 0.722. The number of hydrogen-bond acceptors (Lipinski definition) is 4. The van der Waals surface area contributed by atoms with Crippen LogP contribution in [0.3, 0.4) is 0 Å². The Balaban J connectivity index is 1.71. The van der Waals surface area contributed by atoms with E-state index in [9.17, 15) is 0 Å². The molecule has 1 aliphatic rings. The number of aryl methyl sites for hydroxylation is 1. The van der Waals surface area contributed by atoms with Gasteiger partial charge in [0.25, 0.3) is 0 Å². The lowest BCUT2D eigenvalue weighted by Crippen LogP contribution is -2.38. The molecule has 1 aliphatic carbocycles. The zero-order valence-corrected chi connectivity index (χ0v) is 15.6. The van der Waals surface area contributed by atoms with Crippen molar-refractivity contribution in [1.29, 1.82) is 0 Å². The number of hydrogen-bond donors (Lipinski definition) is 2. The van der Waals surface area contributed by atoms with Crippen molar-refractivity contribution >= 4 is 5.96 Å². The summed E-state index contributed by atoms with van der Waals surface area (Å²) < 4.78 is 7.91. The summed E-state index contributed by atoms with van der Waals surface area (Å²) in [6.45, 7) is 8.46. The molecule has 0 saturated heterocycles. The van der Waals surface area contributed by atoms with Gasteiger partial charge in [-0.25, -0.2) is 4.99 Å². The van der Waals surface area contributed by atoms with E-state index in [0.717, 1.165) is 37.2 Å². The van der Waals surface area contributed by atoms with Crippen LogP contribution in [0.2, 0.25) is 0 Å². The van der Waals surface area contributed by atoms with E-state index in [-0.39, 0.29) is 0 Å². The molecule has 7 nitrogen and oxygen atoms in total. The number of aliphatic imine (C=N–C) groups is 1. The zero-order valence-electron chi connectivity index (χ0n) is 15.6. The first-order chi connectivity index (χ1) is 12.2. The Labute approximate surface area is 151 Å². The second-order valence-corrected chi connectivity index (χ2v) is 6.47. The van der Waals surface area contributed by atoms with Crippen LogP contribution < -0.4 is 10.6 Å². The molecule has 140 valence electrons. The third-order valence-electron chi connectivity index (χ3n) is 4.49. The standard InChI is InChI=1S/C18H32N6O/c1-4-11-19-18(21-14-17-23-22-15(2)24(17)3)20-12-8-13-25-16-9-6-5-7-10-16/h4,16H,1,5-14H2,2-3H3,(H2,19,20,21). The van der Waals surface area contributed by atoms with Crippen LogP contribution in [0.1, 0.15) is 50.2 Å². The average Bonchev–Trinajstić information content (AvgIpc) is 2.96. The van der Waals surface area contributed by atoms with Crippen molar-refractivity contribution in [1.82, 2.24) is 25.4 Å². The quantitative estimate of drug-likeness (QED) is 0.309. The Morgan fingerprint density at radius 3 is 2.80 bits per heavy atom. The zero-order chi connectivity index (χ0) is 17.9. The molecule has 1 saturated carbocycles. The SMILES string of the molecule is C=CCNC(=NCc1nnc(C)n1C)NCCCOC1CCCCC1. The van der Waals surface area contributed by atoms with E-state index in [1.54, 1.807) is 0 Å². The summed E-state index contributed by atoms with van der Waals surface area (Å²) in [5.41, 5.74) is 0. The van der Waals surface area contributed by atoms with Crippen LogP contribution in [0.15, 0.2) is 17.6 Å². The monoisotopic (exact) mass is 348 g/mol. The second-order valence-electron chi connectivity index (χ2n) is 6.47. The summed E-state index contributed by atoms with van der Waals surface area (Å²) in [6, 6.07) is 0. The number of ether oxygens (including phenoxy) is 1. The number of nitrogens with one attached hydrogen (secondary N) is 2. The third kappa shape index (κ3) is 6.86. The average molecular weight is 348 g/mol. The van der Waals surface area contributed by atoms with Crippen molar-refractivity contribution in [3.8, 4) is 0 Å². The van der Waals surface area contributed by atoms with E-state index in [1.165, 1.54) is 32.1 Å². The van der Waals surface area contributed by atoms with E-state index in [0.29, 0.717) is 19.2 Å². The molecule has 0 radical (unpaired) electrons. The van der Waals surface area contributed by atoms with Crippen LogP contribution in [0, 0.1) is 6.92 Å². The Bertz CT molecular complexity index is 548. The molecule has 25 heavy (non-hydrogen) atoms. The predicted molar refractivity (Wildman–Crippen MR) is 101 cm³/mol. The van der Waals surface area contributed by atoms with E-state index in [2.05, 4.69) is 32.4 Å². The number of aromatic nitrogens is 3. The lowest BCUT2D eigenvalue weighted by molar-refractivity contribution is 0.0277. The third-order valence-corrected chi connectivity index (χ3v) is 4.49. The van der Waals surface area contributed by atoms with Gasteiger partial charge in [-0.3, -0.25) is 0 Å². The number of guanidine groups is 1. The van der Waals surface area contributed by atoms with Crippen molar-refractivity contribution in [2.45, 2.75) is 58.1 Å². The van der Waals surface area contributed by atoms with Gasteiger partial charge in [-0.2, -0.15) is 0 Å². The van der Waals surface area contributed by atoms with Gasteiger partial charge in [-0.05, 0) is 26.2 Å². The predicted octanol–water partition coefficient (Wildman–Crippen LogP) is 2.08. The molecule has 2 N–H and O–H groups in total. The molecular weight excluding hydrogens is 316 g/mol. The van der Waals surface area contributed by atoms with Crippen LogP contribution in [-0.2, 0) is 18.3 Å². The maximum absolute atomic E-state index is 5.96. The fourth-order valence-electron chi connectivity index (χ4n) is 2.84. The van der Waals surface area contributed by atoms with Gasteiger partial charge in [0.15, 0.2) is 11.8 Å². The van der Waals surface area contributed by atoms with Crippen molar-refractivity contribution in [3.63, 3.8) is 0 Å². The Morgan fingerprint density at radius 1 is 1.32 bits per heavy atom. The molecule has 1 aromatic heterocycles. The second kappa shape index (κ2) is 10.9. The van der Waals surface area contributed by atoms with Crippen LogP contribution in [0.4, 0.5) is 0 Å². The Morgan fingerprint density at radius 2 is 2.12 bits per heavy atom. The fourth-order valence-corrected chi connectivity index (χ4v) is 2.84. The van der Waals surface area contributed by atoms with Gasteiger partial charge in [-0.1, -0.05) is 25.3 Å². The number of nitrogens with zero attached hydrogens (tertiary/aromatic N) is 4. The highest BCUT2D eigenvalue weighted by atomic mass is 16.5. The first-order valence-electron chi connectivity index (χ1n) is 9.30. The Hall–Kier alpha value is -1.89. The highest BCUT2D eigenvalue weighted by molar-refractivity contribution is 5.79. The minimum atomic E-state index is 0.472. The van der Waals surface area contributed by atoms with E-state index < -0.39 is 0 Å². The normalized spacial score (nSPS) is 16.0. The summed E-state index contributed by atoms with van der Waals surface area (Å²) in [5, 5.41) is 14.8. The topological polar surface area (TPSA) is 76.4 Å². The van der Waals surface area contributed by atoms with Gasteiger partial charge < -0.3 is 19.9 Å². The summed E-state index contributed by atoms with van der Waals surface area (Å²) in [7, 11) is 1.95. The minimum Gasteiger partial charge on any atom is -0.378 e. The van der Waals surface area contributed by atoms with Crippen LogP contribution in [-0.4, -0.2) is 46.5 Å². The molecule has 1 aromatic rings. The van der Waals surface area contributed by atoms with E-state index >= 15 is 0 Å². The molecule has 0 aromatic carbocycles. The lowest BCUT2D eigenvalue weighted by Gasteiger charge is -2.22. The largest absolute Gasteiger partial charge is 0.378 e. The van der Waals surface area contributed by atoms with Gasteiger partial charge in [0, 0.05) is 26.7 Å². The molecule has 7 heteroatoms. The summed E-state index contributed by atoms with van der Waals surface area (Å²) in [6.07, 6.45) is 9.68. The summed E-state index contributed by atoms with van der Waals surface area (Å²) in [5.74, 6) is 2.50. The van der Waals surface area contributed by atoms with Crippen LogP contribution in [0.5, 0.6) is 0 Å². The van der Waals surface area contributed by atoms with Crippen LogP contribution in [0.25, 0.3) is 0 Å².